The normalized spacial score (nSPS) is 17.5. The van der Waals surface area contributed by atoms with Crippen LogP contribution in [0.2, 0.25) is 0 Å². The molecule has 0 aliphatic carbocycles. The molecule has 0 radical (unpaired) electrons. The summed E-state index contributed by atoms with van der Waals surface area (Å²) in [5, 5.41) is 14.1. The van der Waals surface area contributed by atoms with Gasteiger partial charge in [0.15, 0.2) is 12.0 Å². The Hall–Kier alpha value is -4.44. The fraction of sp³-hybridized carbons (Fsp3) is 0.290. The Morgan fingerprint density at radius 3 is 2.54 bits per heavy atom. The zero-order valence-corrected chi connectivity index (χ0v) is 22.8. The Balaban J connectivity index is 1.43. The largest absolute Gasteiger partial charge is 0.458 e. The van der Waals surface area contributed by atoms with Gasteiger partial charge < -0.3 is 20.1 Å². The molecule has 4 aromatic rings. The second kappa shape index (κ2) is 12.0. The van der Waals surface area contributed by atoms with E-state index in [-0.39, 0.29) is 54.8 Å². The third kappa shape index (κ3) is 6.17. The number of anilines is 2. The molecule has 1 fully saturated rings. The van der Waals surface area contributed by atoms with Crippen LogP contribution in [0.15, 0.2) is 79.3 Å². The van der Waals surface area contributed by atoms with E-state index in [9.17, 15) is 14.3 Å². The molecule has 8 nitrogen and oxygen atoms in total. The summed E-state index contributed by atoms with van der Waals surface area (Å²) in [7, 11) is 0. The first-order chi connectivity index (χ1) is 19.7. The van der Waals surface area contributed by atoms with Crippen LogP contribution in [-0.4, -0.2) is 44.8 Å². The van der Waals surface area contributed by atoms with Crippen LogP contribution in [0.3, 0.4) is 0 Å². The van der Waals surface area contributed by atoms with Crippen LogP contribution in [-0.2, 0) is 16.1 Å². The molecule has 1 aliphatic heterocycles. The number of carbonyl (C=O) groups is 1. The number of carbonyl (C=O) groups excluding carboxylic acids is 1. The van der Waals surface area contributed by atoms with Crippen molar-refractivity contribution in [2.24, 2.45) is 0 Å². The van der Waals surface area contributed by atoms with Crippen molar-refractivity contribution >= 4 is 17.5 Å². The number of benzene rings is 2. The number of nitrogens with zero attached hydrogens (tertiary/aromatic N) is 4. The maximum Gasteiger partial charge on any atom is 0.346 e. The van der Waals surface area contributed by atoms with Crippen LogP contribution < -0.4 is 10.2 Å². The molecule has 1 aliphatic rings. The summed E-state index contributed by atoms with van der Waals surface area (Å²) in [5.74, 6) is -1.05. The Labute approximate surface area is 237 Å². The van der Waals surface area contributed by atoms with Crippen molar-refractivity contribution in [2.45, 2.75) is 44.7 Å². The number of aliphatic hydroxyl groups excluding tert-OH is 1. The topological polar surface area (TPSA) is 100 Å². The van der Waals surface area contributed by atoms with E-state index in [1.165, 1.54) is 12.4 Å². The van der Waals surface area contributed by atoms with Gasteiger partial charge >= 0.3 is 5.97 Å². The van der Waals surface area contributed by atoms with Gasteiger partial charge in [-0.1, -0.05) is 62.4 Å². The molecule has 212 valence electrons. The summed E-state index contributed by atoms with van der Waals surface area (Å²) in [6.07, 6.45) is 1.43. The zero-order chi connectivity index (χ0) is 29.0. The maximum atomic E-state index is 15.9. The van der Waals surface area contributed by atoms with Crippen LogP contribution in [0.25, 0.3) is 11.3 Å². The summed E-state index contributed by atoms with van der Waals surface area (Å²) in [4.78, 5) is 27.5. The average molecular weight is 560 g/mol. The van der Waals surface area contributed by atoms with Crippen LogP contribution >= 0.6 is 0 Å². The molecule has 2 N–H and O–H groups in total. The van der Waals surface area contributed by atoms with Gasteiger partial charge in [-0.3, -0.25) is 4.98 Å². The summed E-state index contributed by atoms with van der Waals surface area (Å²) in [5.41, 5.74) is 0.362. The van der Waals surface area contributed by atoms with Gasteiger partial charge in [-0.25, -0.2) is 23.5 Å². The highest BCUT2D eigenvalue weighted by atomic mass is 19.1. The molecule has 10 heteroatoms. The van der Waals surface area contributed by atoms with Gasteiger partial charge in [0.2, 0.25) is 5.67 Å². The molecule has 3 heterocycles. The molecular formula is C31H31F2N5O3. The van der Waals surface area contributed by atoms with E-state index in [4.69, 9.17) is 4.74 Å². The molecule has 1 saturated heterocycles. The lowest BCUT2D eigenvalue weighted by Crippen LogP contribution is -2.39. The first-order valence-electron chi connectivity index (χ1n) is 13.4. The molecule has 2 aromatic heterocycles. The Morgan fingerprint density at radius 2 is 1.83 bits per heavy atom. The van der Waals surface area contributed by atoms with Crippen molar-refractivity contribution in [1.82, 2.24) is 15.0 Å². The molecule has 2 atom stereocenters. The molecule has 2 unspecified atom stereocenters. The number of aromatic nitrogens is 3. The highest BCUT2D eigenvalue weighted by molar-refractivity contribution is 5.86. The highest BCUT2D eigenvalue weighted by Crippen LogP contribution is 2.39. The smallest absolute Gasteiger partial charge is 0.346 e. The van der Waals surface area contributed by atoms with Gasteiger partial charge in [-0.2, -0.15) is 0 Å². The van der Waals surface area contributed by atoms with Crippen LogP contribution in [0.1, 0.15) is 49.2 Å². The number of rotatable bonds is 9. The Morgan fingerprint density at radius 1 is 1.07 bits per heavy atom. The molecule has 0 bridgehead atoms. The van der Waals surface area contributed by atoms with E-state index in [0.717, 1.165) is 11.3 Å². The summed E-state index contributed by atoms with van der Waals surface area (Å²) in [6, 6.07) is 18.7. The molecule has 0 saturated carbocycles. The third-order valence-corrected chi connectivity index (χ3v) is 7.05. The van der Waals surface area contributed by atoms with Crippen molar-refractivity contribution in [2.75, 3.05) is 23.3 Å². The van der Waals surface area contributed by atoms with Crippen molar-refractivity contribution < 1.29 is 23.4 Å². The molecule has 2 aromatic carbocycles. The fourth-order valence-electron chi connectivity index (χ4n) is 4.72. The van der Waals surface area contributed by atoms with Crippen molar-refractivity contribution in [3.05, 3.63) is 102 Å². The van der Waals surface area contributed by atoms with Gasteiger partial charge in [0.1, 0.15) is 30.1 Å². The lowest BCUT2D eigenvalue weighted by Gasteiger charge is -2.25. The first-order valence-corrected chi connectivity index (χ1v) is 13.4. The Kier molecular flexibility index (Phi) is 8.21. The minimum atomic E-state index is -2.27. The fourth-order valence-corrected chi connectivity index (χ4v) is 4.72. The predicted octanol–water partition coefficient (Wildman–Crippen LogP) is 5.57. The Bertz CT molecular complexity index is 1500. The average Bonchev–Trinajstić information content (AvgIpc) is 3.40. The lowest BCUT2D eigenvalue weighted by molar-refractivity contribution is -0.157. The van der Waals surface area contributed by atoms with Gasteiger partial charge in [-0.15, -0.1) is 0 Å². The number of aliphatic hydroxyl groups is 1. The van der Waals surface area contributed by atoms with Gasteiger partial charge in [0, 0.05) is 36.0 Å². The number of esters is 1. The van der Waals surface area contributed by atoms with Crippen molar-refractivity contribution in [3.63, 3.8) is 0 Å². The molecule has 5 rings (SSSR count). The minimum Gasteiger partial charge on any atom is -0.458 e. The molecule has 0 amide bonds. The van der Waals surface area contributed by atoms with E-state index < -0.39 is 23.7 Å². The van der Waals surface area contributed by atoms with E-state index in [1.54, 1.807) is 47.5 Å². The third-order valence-electron chi connectivity index (χ3n) is 7.05. The van der Waals surface area contributed by atoms with Crippen LogP contribution in [0.5, 0.6) is 0 Å². The SMILES string of the molecule is CC(C)c1ccc(C(O)Nc2c(-c3ccccc3F)ncnc2N2CCC(F)(C(=O)OCc3ccccc3)C2)cn1. The van der Waals surface area contributed by atoms with Crippen LogP contribution in [0.4, 0.5) is 20.3 Å². The monoisotopic (exact) mass is 559 g/mol. The number of nitrogens with one attached hydrogen (secondary N) is 1. The van der Waals surface area contributed by atoms with Gasteiger partial charge in [0.05, 0.1) is 6.54 Å². The van der Waals surface area contributed by atoms with Crippen molar-refractivity contribution in [3.8, 4) is 11.3 Å². The van der Waals surface area contributed by atoms with E-state index in [0.29, 0.717) is 5.56 Å². The number of alkyl halides is 1. The first kappa shape index (κ1) is 28.1. The number of pyridine rings is 1. The number of halogens is 2. The quantitative estimate of drug-likeness (QED) is 0.203. The zero-order valence-electron chi connectivity index (χ0n) is 22.8. The standard InChI is InChI=1S/C31H31F2N5O3/c1-20(2)25-13-12-22(16-34-25)29(39)37-27-26(23-10-6-7-11-24(23)32)35-19-36-28(27)38-15-14-31(33,18-38)30(40)41-17-21-8-4-3-5-9-21/h3-13,16,19-20,29,37,39H,14-15,17-18H2,1-2H3. The highest BCUT2D eigenvalue weighted by Gasteiger charge is 2.48. The second-order valence-corrected chi connectivity index (χ2v) is 10.3. The van der Waals surface area contributed by atoms with Gasteiger partial charge in [0.25, 0.3) is 0 Å². The second-order valence-electron chi connectivity index (χ2n) is 10.3. The number of hydrogen-bond donors (Lipinski definition) is 2. The summed E-state index contributed by atoms with van der Waals surface area (Å²) in [6.45, 7) is 3.80. The van der Waals surface area contributed by atoms with E-state index in [2.05, 4.69) is 20.3 Å². The minimum absolute atomic E-state index is 0.0427. The maximum absolute atomic E-state index is 15.9. The summed E-state index contributed by atoms with van der Waals surface area (Å²) >= 11 is 0. The number of hydrogen-bond acceptors (Lipinski definition) is 8. The number of ether oxygens (including phenoxy) is 1. The van der Waals surface area contributed by atoms with E-state index >= 15 is 4.39 Å². The lowest BCUT2D eigenvalue weighted by atomic mass is 10.1. The van der Waals surface area contributed by atoms with Crippen molar-refractivity contribution in [1.29, 1.82) is 0 Å². The summed E-state index contributed by atoms with van der Waals surface area (Å²) < 4.78 is 36.1. The van der Waals surface area contributed by atoms with E-state index in [1.807, 2.05) is 38.1 Å². The predicted molar refractivity (Wildman–Crippen MR) is 151 cm³/mol. The molecule has 41 heavy (non-hydrogen) atoms. The van der Waals surface area contributed by atoms with Gasteiger partial charge in [-0.05, 0) is 29.7 Å². The molecular weight excluding hydrogens is 528 g/mol. The molecule has 0 spiro atoms. The van der Waals surface area contributed by atoms with Crippen LogP contribution in [0, 0.1) is 5.82 Å².